The van der Waals surface area contributed by atoms with Crippen LogP contribution in [0.2, 0.25) is 0 Å². The second-order valence-corrected chi connectivity index (χ2v) is 22.8. The molecule has 2 aromatic heterocycles. The number of aliphatic hydroxyl groups excluding tert-OH is 3. The molecule has 20 nitrogen and oxygen atoms in total. The molecule has 0 saturated carbocycles. The third-order valence-electron chi connectivity index (χ3n) is 14.0. The van der Waals surface area contributed by atoms with Crippen LogP contribution < -0.4 is 43.0 Å². The van der Waals surface area contributed by atoms with E-state index in [1.54, 1.807) is 48.7 Å². The zero-order valence-corrected chi connectivity index (χ0v) is 46.8. The number of aryl methyl sites for hydroxylation is 1. The zero-order valence-electron chi connectivity index (χ0n) is 45.2. The van der Waals surface area contributed by atoms with Crippen molar-refractivity contribution in [3.63, 3.8) is 0 Å². The van der Waals surface area contributed by atoms with Crippen LogP contribution in [0.25, 0.3) is 21.8 Å². The number of H-pyrrole nitrogens is 1. The Labute approximate surface area is 478 Å². The number of nitrogens with two attached hydrogens (primary N) is 1. The van der Waals surface area contributed by atoms with E-state index in [9.17, 15) is 44.1 Å². The Morgan fingerprint density at radius 3 is 2.02 bits per heavy atom. The highest BCUT2D eigenvalue weighted by Crippen LogP contribution is 2.25. The van der Waals surface area contributed by atoms with Crippen LogP contribution >= 0.6 is 21.6 Å². The first-order valence-corrected chi connectivity index (χ1v) is 29.6. The molecule has 430 valence electrons. The second-order valence-electron chi connectivity index (χ2n) is 20.3. The number of pyridine rings is 1. The Hall–Kier alpha value is -7.34. The third kappa shape index (κ3) is 18.1. The molecule has 0 spiro atoms. The lowest BCUT2D eigenvalue weighted by molar-refractivity contribution is -0.136. The molecule has 22 heteroatoms. The molecule has 6 aromatic rings. The van der Waals surface area contributed by atoms with Crippen molar-refractivity contribution in [2.24, 2.45) is 5.73 Å². The van der Waals surface area contributed by atoms with Crippen LogP contribution in [-0.4, -0.2) is 145 Å². The number of rotatable bonds is 19. The Morgan fingerprint density at radius 1 is 0.679 bits per heavy atom. The quantitative estimate of drug-likeness (QED) is 0.0410. The molecular weight excluding hydrogens is 1070 g/mol. The highest BCUT2D eigenvalue weighted by molar-refractivity contribution is 8.76. The molecule has 2 unspecified atom stereocenters. The number of fused-ring (bicyclic) bond motifs is 2. The predicted octanol–water partition coefficient (Wildman–Crippen LogP) is 2.42. The number of hydrogen-bond donors (Lipinski definition) is 12. The first-order valence-electron chi connectivity index (χ1n) is 27.1. The van der Waals surface area contributed by atoms with Gasteiger partial charge in [-0.25, -0.2) is 0 Å². The number of carbonyl (C=O) groups excluding carboxylic acids is 7. The van der Waals surface area contributed by atoms with E-state index in [1.807, 2.05) is 78.9 Å². The lowest BCUT2D eigenvalue weighted by atomic mass is 10.0. The fourth-order valence-electron chi connectivity index (χ4n) is 9.31. The molecule has 13 N–H and O–H groups in total. The first-order chi connectivity index (χ1) is 39.1. The Balaban J connectivity index is 1.23. The molecule has 0 radical (unpaired) electrons. The van der Waals surface area contributed by atoms with Crippen LogP contribution in [0.5, 0.6) is 0 Å². The van der Waals surface area contributed by atoms with Crippen molar-refractivity contribution in [3.05, 3.63) is 150 Å². The predicted molar refractivity (Wildman–Crippen MR) is 313 cm³/mol. The zero-order chi connectivity index (χ0) is 57.8. The van der Waals surface area contributed by atoms with Gasteiger partial charge in [-0.2, -0.15) is 0 Å². The largest absolute Gasteiger partial charge is 0.394 e. The number of nitrogens with zero attached hydrogens (tertiary/aromatic N) is 1. The molecule has 0 aliphatic carbocycles. The number of amides is 7. The average molecular weight is 1150 g/mol. The molecule has 3 heterocycles. The summed E-state index contributed by atoms with van der Waals surface area (Å²) in [6.45, 7) is 1.98. The summed E-state index contributed by atoms with van der Waals surface area (Å²) in [5.74, 6) is -5.97. The molecule has 10 atom stereocenters. The number of carbonyl (C=O) groups is 7. The van der Waals surface area contributed by atoms with Gasteiger partial charge in [0, 0.05) is 52.5 Å². The molecule has 1 saturated heterocycles. The van der Waals surface area contributed by atoms with Gasteiger partial charge in [0.05, 0.1) is 36.4 Å². The third-order valence-corrected chi connectivity index (χ3v) is 16.4. The molecule has 4 aromatic carbocycles. The van der Waals surface area contributed by atoms with Crippen molar-refractivity contribution in [1.82, 2.24) is 47.2 Å². The van der Waals surface area contributed by atoms with E-state index < -0.39 is 108 Å². The van der Waals surface area contributed by atoms with Crippen LogP contribution in [0.3, 0.4) is 0 Å². The summed E-state index contributed by atoms with van der Waals surface area (Å²) in [6, 6.07) is 26.4. The number of nitrogens with one attached hydrogen (secondary N) is 8. The Bertz CT molecular complexity index is 3080. The van der Waals surface area contributed by atoms with E-state index in [1.165, 1.54) is 13.8 Å². The highest BCUT2D eigenvalue weighted by Gasteiger charge is 2.36. The molecule has 7 amide bonds. The summed E-state index contributed by atoms with van der Waals surface area (Å²) >= 11 is 0. The van der Waals surface area contributed by atoms with Crippen molar-refractivity contribution in [2.45, 2.75) is 126 Å². The van der Waals surface area contributed by atoms with Crippen molar-refractivity contribution in [2.75, 3.05) is 18.1 Å². The molecule has 81 heavy (non-hydrogen) atoms. The maximum Gasteiger partial charge on any atom is 0.245 e. The van der Waals surface area contributed by atoms with Gasteiger partial charge in [0.2, 0.25) is 41.4 Å². The molecule has 7 rings (SSSR count). The summed E-state index contributed by atoms with van der Waals surface area (Å²) in [5.41, 5.74) is 11.0. The molecular formula is C59H72N10O10S2. The Kier molecular flexibility index (Phi) is 23.1. The summed E-state index contributed by atoms with van der Waals surface area (Å²) in [5, 5.41) is 52.3. The van der Waals surface area contributed by atoms with Crippen molar-refractivity contribution < 1.29 is 48.9 Å². The van der Waals surface area contributed by atoms with E-state index in [0.717, 1.165) is 54.7 Å². The van der Waals surface area contributed by atoms with E-state index in [0.29, 0.717) is 36.8 Å². The number of aromatic amines is 1. The van der Waals surface area contributed by atoms with Gasteiger partial charge in [0.15, 0.2) is 0 Å². The van der Waals surface area contributed by atoms with Gasteiger partial charge >= 0.3 is 0 Å². The van der Waals surface area contributed by atoms with Crippen LogP contribution in [0.1, 0.15) is 61.9 Å². The van der Waals surface area contributed by atoms with Crippen LogP contribution in [0.4, 0.5) is 0 Å². The lowest BCUT2D eigenvalue weighted by Gasteiger charge is -2.29. The van der Waals surface area contributed by atoms with Crippen LogP contribution in [-0.2, 0) is 59.2 Å². The normalized spacial score (nSPS) is 21.5. The van der Waals surface area contributed by atoms with Gasteiger partial charge < -0.3 is 63.3 Å². The number of aromatic nitrogens is 2. The SMILES string of the molecule is CC(O)C(CO)NC(=O)[C@@H]1CSSC[C@H](NC(=O)[C@H](N)Cc2ccccc2)C(=O)N[C@@H](Cc2ccccc2)C(=O)N[C@H](Cc2c[nH]c3ccccc23)C(=O)N[C@@H](CCCCCc2ccc3ccccc3n2)C(=O)N[C@@H]([C@@H](C)O)C(=O)N1. The first kappa shape index (κ1) is 61.3. The number of unbranched alkanes of at least 4 members (excludes halogenated alkanes) is 2. The summed E-state index contributed by atoms with van der Waals surface area (Å²) in [6.07, 6.45) is 1.35. The van der Waals surface area contributed by atoms with E-state index >= 15 is 4.79 Å². The van der Waals surface area contributed by atoms with Gasteiger partial charge in [-0.1, -0.05) is 138 Å². The summed E-state index contributed by atoms with van der Waals surface area (Å²) in [4.78, 5) is 109. The minimum absolute atomic E-state index is 0.0474. The molecule has 0 bridgehead atoms. The van der Waals surface area contributed by atoms with Crippen LogP contribution in [0.15, 0.2) is 128 Å². The highest BCUT2D eigenvalue weighted by atomic mass is 33.1. The fourth-order valence-corrected chi connectivity index (χ4v) is 11.6. The fraction of sp³-hybridized carbons (Fsp3) is 0.390. The van der Waals surface area contributed by atoms with E-state index in [4.69, 9.17) is 10.7 Å². The smallest absolute Gasteiger partial charge is 0.245 e. The summed E-state index contributed by atoms with van der Waals surface area (Å²) < 4.78 is 0. The molecule has 1 fully saturated rings. The van der Waals surface area contributed by atoms with Gasteiger partial charge in [-0.3, -0.25) is 38.5 Å². The van der Waals surface area contributed by atoms with Crippen molar-refractivity contribution in [1.29, 1.82) is 0 Å². The van der Waals surface area contributed by atoms with Crippen molar-refractivity contribution >= 4 is 84.7 Å². The topological polar surface area (TPSA) is 319 Å². The number of benzene rings is 4. The van der Waals surface area contributed by atoms with E-state index in [2.05, 4.69) is 42.2 Å². The second kappa shape index (κ2) is 30.5. The Morgan fingerprint density at radius 2 is 1.31 bits per heavy atom. The molecule has 1 aliphatic heterocycles. The van der Waals surface area contributed by atoms with Crippen molar-refractivity contribution in [3.8, 4) is 0 Å². The lowest BCUT2D eigenvalue weighted by Crippen LogP contribution is -2.62. The number of para-hydroxylation sites is 2. The minimum Gasteiger partial charge on any atom is -0.394 e. The number of aliphatic hydroxyl groups is 3. The van der Waals surface area contributed by atoms with Gasteiger partial charge in [0.25, 0.3) is 0 Å². The number of hydrogen-bond acceptors (Lipinski definition) is 14. The standard InChI is InChI=1S/C59H72N10O10S2/c1-35(71)49(32-70)66-58(78)51-34-81-80-33-50(67-53(73)43(60)28-37-16-6-3-7-17-37)57(77)64-47(29-38-18-8-4-9-19-38)55(75)65-48(30-40-31-61-45-24-15-13-22-42(40)45)56(76)63-46(54(74)69-52(36(2)72)59(79)68-51)25-11-5-10-21-41-27-26-39-20-12-14-23-44(39)62-41/h3-4,6-9,12-20,22-24,26-27,31,35-36,43,46-52,61,70-72H,5,10-11,21,25,28-30,32-34,60H2,1-2H3,(H,63,76)(H,64,77)(H,65,75)(H,66,78)(H,67,73)(H,68,79)(H,69,74)/t35?,36-,43-,46+,47+,48-,49?,50+,51+,52+/m1/s1. The van der Waals surface area contributed by atoms with Gasteiger partial charge in [0.1, 0.15) is 36.3 Å². The van der Waals surface area contributed by atoms with Crippen LogP contribution in [0, 0.1) is 0 Å². The van der Waals surface area contributed by atoms with Gasteiger partial charge in [-0.05, 0) is 74.4 Å². The molecule has 1 aliphatic rings. The van der Waals surface area contributed by atoms with Gasteiger partial charge in [-0.15, -0.1) is 0 Å². The minimum atomic E-state index is -1.68. The monoisotopic (exact) mass is 1140 g/mol. The maximum atomic E-state index is 15.0. The average Bonchev–Trinajstić information content (AvgIpc) is 3.90. The summed E-state index contributed by atoms with van der Waals surface area (Å²) in [7, 11) is 2.07. The van der Waals surface area contributed by atoms with E-state index in [-0.39, 0.29) is 37.2 Å². The maximum absolute atomic E-state index is 15.0.